The normalized spacial score (nSPS) is 25.2. The molecule has 160 valence electrons. The summed E-state index contributed by atoms with van der Waals surface area (Å²) >= 11 is 2.30. The molecule has 2 N–H and O–H groups in total. The Hall–Kier alpha value is -1.12. The molecule has 6 heteroatoms. The second-order valence-electron chi connectivity index (χ2n) is 7.89. The first kappa shape index (κ1) is 22.6. The molecule has 1 aliphatic heterocycles. The minimum absolute atomic E-state index is 0.0101. The fourth-order valence-electron chi connectivity index (χ4n) is 4.33. The molecule has 0 radical (unpaired) electrons. The van der Waals surface area contributed by atoms with E-state index in [2.05, 4.69) is 52.2 Å². The van der Waals surface area contributed by atoms with E-state index in [9.17, 15) is 9.90 Å². The third kappa shape index (κ3) is 6.18. The molecule has 1 amide bonds. The third-order valence-corrected chi connectivity index (χ3v) is 6.55. The largest absolute Gasteiger partial charge is 0.459 e. The van der Waals surface area contributed by atoms with Gasteiger partial charge in [-0.1, -0.05) is 31.4 Å². The Kier molecular flexibility index (Phi) is 8.81. The molecule has 1 saturated carbocycles. The molecule has 0 spiro atoms. The third-order valence-electron chi connectivity index (χ3n) is 5.83. The van der Waals surface area contributed by atoms with E-state index in [-0.39, 0.29) is 30.4 Å². The summed E-state index contributed by atoms with van der Waals surface area (Å²) in [6, 6.07) is 8.62. The van der Waals surface area contributed by atoms with Crippen LogP contribution in [0, 0.1) is 9.49 Å². The highest BCUT2D eigenvalue weighted by atomic mass is 127. The zero-order chi connectivity index (χ0) is 20.6. The van der Waals surface area contributed by atoms with Crippen LogP contribution in [0.5, 0.6) is 0 Å². The lowest BCUT2D eigenvalue weighted by Crippen LogP contribution is -2.42. The summed E-state index contributed by atoms with van der Waals surface area (Å²) in [7, 11) is 0. The lowest BCUT2D eigenvalue weighted by molar-refractivity contribution is -0.166. The molecule has 1 fully saturated rings. The van der Waals surface area contributed by atoms with E-state index in [1.54, 1.807) is 0 Å². The molecule has 0 unspecified atom stereocenters. The van der Waals surface area contributed by atoms with Crippen molar-refractivity contribution < 1.29 is 19.4 Å². The Labute approximate surface area is 187 Å². The molecule has 1 aliphatic carbocycles. The van der Waals surface area contributed by atoms with Crippen LogP contribution in [-0.2, 0) is 14.3 Å². The molecule has 3 rings (SSSR count). The molecule has 1 aromatic rings. The molecule has 5 nitrogen and oxygen atoms in total. The van der Waals surface area contributed by atoms with Gasteiger partial charge in [0.1, 0.15) is 0 Å². The highest BCUT2D eigenvalue weighted by Gasteiger charge is 2.38. The number of carbonyl (C=O) groups excluding carboxylic acids is 1. The Morgan fingerprint density at radius 3 is 2.62 bits per heavy atom. The van der Waals surface area contributed by atoms with Crippen LogP contribution in [0.1, 0.15) is 63.4 Å². The van der Waals surface area contributed by atoms with E-state index >= 15 is 0 Å². The molecule has 0 aromatic heterocycles. The van der Waals surface area contributed by atoms with Gasteiger partial charge in [0.2, 0.25) is 6.29 Å². The minimum atomic E-state index is -0.493. The van der Waals surface area contributed by atoms with Crippen molar-refractivity contribution >= 4 is 28.5 Å². The summed E-state index contributed by atoms with van der Waals surface area (Å²) in [5.41, 5.74) is 1.14. The van der Waals surface area contributed by atoms with Gasteiger partial charge in [-0.25, -0.2) is 0 Å². The van der Waals surface area contributed by atoms with Gasteiger partial charge in [0.25, 0.3) is 5.91 Å². The van der Waals surface area contributed by atoms with Crippen LogP contribution in [0.25, 0.3) is 0 Å². The fourth-order valence-corrected chi connectivity index (χ4v) is 4.69. The number of carbonyl (C=O) groups is 1. The topological polar surface area (TPSA) is 67.8 Å². The predicted molar refractivity (Wildman–Crippen MR) is 121 cm³/mol. The molecular formula is C23H32INO4. The van der Waals surface area contributed by atoms with E-state index in [0.29, 0.717) is 18.8 Å². The average molecular weight is 513 g/mol. The summed E-state index contributed by atoms with van der Waals surface area (Å²) in [5.74, 6) is 0.278. The number of hydrogen-bond acceptors (Lipinski definition) is 4. The average Bonchev–Trinajstić information content (AvgIpc) is 2.74. The highest BCUT2D eigenvalue weighted by molar-refractivity contribution is 14.1. The van der Waals surface area contributed by atoms with Crippen molar-refractivity contribution in [2.45, 2.75) is 70.1 Å². The van der Waals surface area contributed by atoms with E-state index in [1.807, 2.05) is 13.0 Å². The zero-order valence-electron chi connectivity index (χ0n) is 17.1. The lowest BCUT2D eigenvalue weighted by Gasteiger charge is -2.37. The van der Waals surface area contributed by atoms with E-state index < -0.39 is 6.29 Å². The Bertz CT molecular complexity index is 685. The molecule has 2 aliphatic rings. The predicted octanol–water partition coefficient (Wildman–Crippen LogP) is 4.49. The molecule has 1 heterocycles. The smallest absolute Gasteiger partial charge is 0.286 e. The van der Waals surface area contributed by atoms with Crippen molar-refractivity contribution in [3.05, 3.63) is 45.2 Å². The molecule has 0 bridgehead atoms. The number of aliphatic hydroxyl groups excluding tert-OH is 1. The highest BCUT2D eigenvalue weighted by Crippen LogP contribution is 2.39. The van der Waals surface area contributed by atoms with Gasteiger partial charge in [0.05, 0.1) is 0 Å². The van der Waals surface area contributed by atoms with Gasteiger partial charge in [0.15, 0.2) is 5.76 Å². The van der Waals surface area contributed by atoms with Crippen LogP contribution in [0.3, 0.4) is 0 Å². The van der Waals surface area contributed by atoms with Crippen LogP contribution >= 0.6 is 22.6 Å². The van der Waals surface area contributed by atoms with E-state index in [4.69, 9.17) is 9.47 Å². The number of ether oxygens (including phenoxy) is 2. The second kappa shape index (κ2) is 11.3. The Morgan fingerprint density at radius 2 is 1.97 bits per heavy atom. The number of hydrogen-bond donors (Lipinski definition) is 2. The molecule has 29 heavy (non-hydrogen) atoms. The van der Waals surface area contributed by atoms with Crippen LogP contribution in [0.4, 0.5) is 0 Å². The van der Waals surface area contributed by atoms with Crippen LogP contribution in [0.15, 0.2) is 36.1 Å². The lowest BCUT2D eigenvalue weighted by atomic mass is 9.80. The van der Waals surface area contributed by atoms with Crippen LogP contribution in [0.2, 0.25) is 0 Å². The Morgan fingerprint density at radius 1 is 1.24 bits per heavy atom. The molecule has 0 saturated heterocycles. The number of rotatable bonds is 8. The first-order chi connectivity index (χ1) is 14.1. The Balaban J connectivity index is 1.86. The summed E-state index contributed by atoms with van der Waals surface area (Å²) in [4.78, 5) is 13.0. The quantitative estimate of drug-likeness (QED) is 0.503. The standard InChI is InChI=1S/C23H32INO4/c1-2-28-23-19(9-6-14-26)20(16-10-12-17(24)13-11-16)15-21(29-23)22(27)25-18-7-4-3-5-8-18/h10-13,15,18-20,23,26H,2-9,14H2,1H3,(H,25,27)/t19-,20+,23+/m0/s1. The van der Waals surface area contributed by atoms with Gasteiger partial charge in [-0.2, -0.15) is 0 Å². The minimum Gasteiger partial charge on any atom is -0.459 e. The summed E-state index contributed by atoms with van der Waals surface area (Å²) in [6.45, 7) is 2.58. The monoisotopic (exact) mass is 513 g/mol. The number of benzene rings is 1. The fraction of sp³-hybridized carbons (Fsp3) is 0.609. The van der Waals surface area contributed by atoms with Gasteiger partial charge in [-0.3, -0.25) is 4.79 Å². The van der Waals surface area contributed by atoms with Crippen LogP contribution < -0.4 is 5.32 Å². The second-order valence-corrected chi connectivity index (χ2v) is 9.13. The zero-order valence-corrected chi connectivity index (χ0v) is 19.3. The van der Waals surface area contributed by atoms with Gasteiger partial charge >= 0.3 is 0 Å². The maximum absolute atomic E-state index is 13.0. The van der Waals surface area contributed by atoms with Gasteiger partial charge < -0.3 is 19.9 Å². The van der Waals surface area contributed by atoms with Crippen molar-refractivity contribution in [2.75, 3.05) is 13.2 Å². The number of amides is 1. The number of halogens is 1. The summed E-state index contributed by atoms with van der Waals surface area (Å²) < 4.78 is 13.1. The number of allylic oxidation sites excluding steroid dienone is 1. The maximum Gasteiger partial charge on any atom is 0.286 e. The van der Waals surface area contributed by atoms with Gasteiger partial charge in [-0.15, -0.1) is 0 Å². The van der Waals surface area contributed by atoms with Crippen molar-refractivity contribution in [1.29, 1.82) is 0 Å². The summed E-state index contributed by atoms with van der Waals surface area (Å²) in [6.07, 6.45) is 8.56. The number of aliphatic hydroxyl groups is 1. The van der Waals surface area contributed by atoms with Crippen molar-refractivity contribution in [2.24, 2.45) is 5.92 Å². The SMILES string of the molecule is CCO[C@@H]1OC(C(=O)NC2CCCCC2)=C[C@H](c2ccc(I)cc2)[C@@H]1CCCO. The van der Waals surface area contributed by atoms with E-state index in [0.717, 1.165) is 24.8 Å². The van der Waals surface area contributed by atoms with Crippen molar-refractivity contribution in [3.8, 4) is 0 Å². The molecular weight excluding hydrogens is 481 g/mol. The van der Waals surface area contributed by atoms with Crippen molar-refractivity contribution in [1.82, 2.24) is 5.32 Å². The van der Waals surface area contributed by atoms with Crippen molar-refractivity contribution in [3.63, 3.8) is 0 Å². The van der Waals surface area contributed by atoms with Gasteiger partial charge in [0, 0.05) is 34.7 Å². The van der Waals surface area contributed by atoms with E-state index in [1.165, 1.54) is 22.8 Å². The maximum atomic E-state index is 13.0. The van der Waals surface area contributed by atoms with Crippen LogP contribution in [-0.4, -0.2) is 36.6 Å². The molecule has 3 atom stereocenters. The summed E-state index contributed by atoms with van der Waals surface area (Å²) in [5, 5.41) is 12.5. The molecule has 1 aromatic carbocycles. The van der Waals surface area contributed by atoms with Gasteiger partial charge in [-0.05, 0) is 79.0 Å². The first-order valence-electron chi connectivity index (χ1n) is 10.8. The number of nitrogens with one attached hydrogen (secondary N) is 1. The first-order valence-corrected chi connectivity index (χ1v) is 11.9.